The van der Waals surface area contributed by atoms with E-state index in [9.17, 15) is 14.4 Å². The summed E-state index contributed by atoms with van der Waals surface area (Å²) in [6, 6.07) is 15.1. The summed E-state index contributed by atoms with van der Waals surface area (Å²) in [7, 11) is 1.55. The number of nitrogens with one attached hydrogen (secondary N) is 3. The lowest BCUT2D eigenvalue weighted by atomic mass is 10.2. The lowest BCUT2D eigenvalue weighted by molar-refractivity contribution is -0.115. The van der Waals surface area contributed by atoms with Gasteiger partial charge in [0.2, 0.25) is 5.91 Å². The van der Waals surface area contributed by atoms with Crippen LogP contribution in [0.25, 0.3) is 0 Å². The molecule has 3 amide bonds. The molecular formula is C17H17N3O3. The maximum absolute atomic E-state index is 11.8. The van der Waals surface area contributed by atoms with Crippen LogP contribution in [0.2, 0.25) is 0 Å². The van der Waals surface area contributed by atoms with Crippen LogP contribution < -0.4 is 16.0 Å². The van der Waals surface area contributed by atoms with Crippen LogP contribution in [0.3, 0.4) is 0 Å². The van der Waals surface area contributed by atoms with Crippen molar-refractivity contribution in [3.63, 3.8) is 0 Å². The van der Waals surface area contributed by atoms with E-state index in [0.29, 0.717) is 16.8 Å². The van der Waals surface area contributed by atoms with E-state index in [1.165, 1.54) is 0 Å². The number of rotatable bonds is 5. The first-order valence-electron chi connectivity index (χ1n) is 7.05. The normalized spacial score (nSPS) is 9.78. The second-order valence-electron chi connectivity index (χ2n) is 4.75. The molecule has 0 saturated heterocycles. The van der Waals surface area contributed by atoms with Crippen molar-refractivity contribution < 1.29 is 14.4 Å². The minimum atomic E-state index is -0.345. The molecule has 0 heterocycles. The molecule has 0 spiro atoms. The van der Waals surface area contributed by atoms with E-state index < -0.39 is 0 Å². The summed E-state index contributed by atoms with van der Waals surface area (Å²) < 4.78 is 0. The van der Waals surface area contributed by atoms with Crippen LogP contribution in [0.4, 0.5) is 5.69 Å². The van der Waals surface area contributed by atoms with Crippen LogP contribution in [0.15, 0.2) is 54.6 Å². The highest BCUT2D eigenvalue weighted by Gasteiger charge is 2.08. The molecule has 0 saturated carbocycles. The third kappa shape index (κ3) is 4.67. The van der Waals surface area contributed by atoms with Crippen molar-refractivity contribution in [1.29, 1.82) is 0 Å². The molecule has 3 N–H and O–H groups in total. The first-order chi connectivity index (χ1) is 11.1. The topological polar surface area (TPSA) is 87.3 Å². The molecule has 118 valence electrons. The Bertz CT molecular complexity index is 697. The van der Waals surface area contributed by atoms with Crippen LogP contribution in [-0.4, -0.2) is 31.3 Å². The molecule has 2 rings (SSSR count). The monoisotopic (exact) mass is 311 g/mol. The van der Waals surface area contributed by atoms with Crippen molar-refractivity contribution in [2.75, 3.05) is 18.9 Å². The van der Waals surface area contributed by atoms with E-state index in [4.69, 9.17) is 0 Å². The maximum atomic E-state index is 11.8. The van der Waals surface area contributed by atoms with Gasteiger partial charge < -0.3 is 16.0 Å². The van der Waals surface area contributed by atoms with Crippen molar-refractivity contribution in [2.24, 2.45) is 0 Å². The third-order valence-corrected chi connectivity index (χ3v) is 3.10. The van der Waals surface area contributed by atoms with E-state index in [-0.39, 0.29) is 24.3 Å². The molecule has 0 atom stereocenters. The molecule has 0 aliphatic heterocycles. The summed E-state index contributed by atoms with van der Waals surface area (Å²) in [6.45, 7) is -0.134. The number of carbonyl (C=O) groups is 3. The highest BCUT2D eigenvalue weighted by molar-refractivity contribution is 5.99. The lowest BCUT2D eigenvalue weighted by Crippen LogP contribution is -2.32. The van der Waals surface area contributed by atoms with Crippen LogP contribution in [-0.2, 0) is 4.79 Å². The Balaban J connectivity index is 1.85. The van der Waals surface area contributed by atoms with Gasteiger partial charge in [0.1, 0.15) is 0 Å². The van der Waals surface area contributed by atoms with Crippen molar-refractivity contribution in [1.82, 2.24) is 10.6 Å². The lowest BCUT2D eigenvalue weighted by Gasteiger charge is -2.07. The zero-order valence-corrected chi connectivity index (χ0v) is 12.6. The van der Waals surface area contributed by atoms with E-state index in [1.54, 1.807) is 55.6 Å². The van der Waals surface area contributed by atoms with E-state index in [1.807, 2.05) is 6.07 Å². The van der Waals surface area contributed by atoms with E-state index in [0.717, 1.165) is 0 Å². The van der Waals surface area contributed by atoms with E-state index >= 15 is 0 Å². The highest BCUT2D eigenvalue weighted by Crippen LogP contribution is 2.09. The average molecular weight is 311 g/mol. The molecule has 0 bridgehead atoms. The van der Waals surface area contributed by atoms with Gasteiger partial charge in [0, 0.05) is 23.9 Å². The fourth-order valence-electron chi connectivity index (χ4n) is 1.91. The predicted molar refractivity (Wildman–Crippen MR) is 87.2 cm³/mol. The van der Waals surface area contributed by atoms with Gasteiger partial charge in [-0.05, 0) is 36.4 Å². The second kappa shape index (κ2) is 7.74. The number of amides is 3. The van der Waals surface area contributed by atoms with Crippen molar-refractivity contribution in [3.8, 4) is 0 Å². The Morgan fingerprint density at radius 1 is 0.826 bits per heavy atom. The molecule has 0 aliphatic rings. The first kappa shape index (κ1) is 16.2. The van der Waals surface area contributed by atoms with Crippen molar-refractivity contribution >= 4 is 23.4 Å². The molecule has 0 unspecified atom stereocenters. The number of benzene rings is 2. The molecule has 0 radical (unpaired) electrons. The summed E-state index contributed by atoms with van der Waals surface area (Å²) >= 11 is 0. The molecule has 23 heavy (non-hydrogen) atoms. The molecule has 6 heteroatoms. The van der Waals surface area contributed by atoms with Crippen LogP contribution in [0, 0.1) is 0 Å². The molecule has 2 aromatic rings. The molecule has 2 aromatic carbocycles. The minimum absolute atomic E-state index is 0.134. The molecule has 6 nitrogen and oxygen atoms in total. The Morgan fingerprint density at radius 2 is 1.43 bits per heavy atom. The summed E-state index contributed by atoms with van der Waals surface area (Å²) in [5, 5.41) is 7.71. The fourth-order valence-corrected chi connectivity index (χ4v) is 1.91. The van der Waals surface area contributed by atoms with Gasteiger partial charge in [-0.15, -0.1) is 0 Å². The van der Waals surface area contributed by atoms with Gasteiger partial charge >= 0.3 is 0 Å². The first-order valence-corrected chi connectivity index (χ1v) is 7.05. The number of hydrogen-bond acceptors (Lipinski definition) is 3. The van der Waals surface area contributed by atoms with Gasteiger partial charge in [-0.25, -0.2) is 0 Å². The summed E-state index contributed by atoms with van der Waals surface area (Å²) in [6.07, 6.45) is 0. The smallest absolute Gasteiger partial charge is 0.251 e. The Hall–Kier alpha value is -3.15. The zero-order chi connectivity index (χ0) is 16.7. The van der Waals surface area contributed by atoms with Gasteiger partial charge in [0.05, 0.1) is 6.54 Å². The highest BCUT2D eigenvalue weighted by atomic mass is 16.2. The van der Waals surface area contributed by atoms with Gasteiger partial charge in [0.15, 0.2) is 0 Å². The molecule has 0 aliphatic carbocycles. The second-order valence-corrected chi connectivity index (χ2v) is 4.75. The Kier molecular flexibility index (Phi) is 5.46. The van der Waals surface area contributed by atoms with Gasteiger partial charge in [0.25, 0.3) is 11.8 Å². The third-order valence-electron chi connectivity index (χ3n) is 3.10. The van der Waals surface area contributed by atoms with Crippen molar-refractivity contribution in [2.45, 2.75) is 0 Å². The predicted octanol–water partition coefficient (Wildman–Crippen LogP) is 1.41. The Morgan fingerprint density at radius 3 is 2.04 bits per heavy atom. The summed E-state index contributed by atoms with van der Waals surface area (Å²) in [5.41, 5.74) is 1.55. The largest absolute Gasteiger partial charge is 0.355 e. The number of anilines is 1. The van der Waals surface area contributed by atoms with Gasteiger partial charge in [-0.2, -0.15) is 0 Å². The number of hydrogen-bond donors (Lipinski definition) is 3. The molecule has 0 aromatic heterocycles. The molecular weight excluding hydrogens is 294 g/mol. The zero-order valence-electron chi connectivity index (χ0n) is 12.6. The van der Waals surface area contributed by atoms with Crippen molar-refractivity contribution in [3.05, 3.63) is 65.7 Å². The standard InChI is InChI=1S/C17H17N3O3/c1-18-16(22)13-7-9-14(10-8-13)20-15(21)11-19-17(23)12-5-3-2-4-6-12/h2-10H,11H2,1H3,(H,18,22)(H,19,23)(H,20,21). The SMILES string of the molecule is CNC(=O)c1ccc(NC(=O)CNC(=O)c2ccccc2)cc1. The average Bonchev–Trinajstić information content (AvgIpc) is 2.60. The van der Waals surface area contributed by atoms with Crippen LogP contribution >= 0.6 is 0 Å². The number of carbonyl (C=O) groups excluding carboxylic acids is 3. The minimum Gasteiger partial charge on any atom is -0.355 e. The van der Waals surface area contributed by atoms with E-state index in [2.05, 4.69) is 16.0 Å². The summed E-state index contributed by atoms with van der Waals surface area (Å²) in [4.78, 5) is 35.0. The quantitative estimate of drug-likeness (QED) is 0.780. The van der Waals surface area contributed by atoms with Gasteiger partial charge in [-0.1, -0.05) is 18.2 Å². The molecule has 0 fully saturated rings. The Labute approximate surface area is 133 Å². The van der Waals surface area contributed by atoms with Gasteiger partial charge in [-0.3, -0.25) is 14.4 Å². The van der Waals surface area contributed by atoms with Crippen LogP contribution in [0.5, 0.6) is 0 Å². The fraction of sp³-hybridized carbons (Fsp3) is 0.118. The van der Waals surface area contributed by atoms with Crippen LogP contribution in [0.1, 0.15) is 20.7 Å². The summed E-state index contributed by atoms with van der Waals surface area (Å²) in [5.74, 6) is -0.851. The maximum Gasteiger partial charge on any atom is 0.251 e.